The number of benzene rings is 4. The van der Waals surface area contributed by atoms with Crippen molar-refractivity contribution in [1.82, 2.24) is 0 Å². The summed E-state index contributed by atoms with van der Waals surface area (Å²) in [6.07, 6.45) is 0. The summed E-state index contributed by atoms with van der Waals surface area (Å²) >= 11 is 0. The molecule has 3 heteroatoms. The van der Waals surface area contributed by atoms with Crippen LogP contribution in [0.15, 0.2) is 72.8 Å². The smallest absolute Gasteiger partial charge is 0.227 e. The van der Waals surface area contributed by atoms with Gasteiger partial charge < -0.3 is 0 Å². The van der Waals surface area contributed by atoms with Gasteiger partial charge in [0, 0.05) is 29.2 Å². The van der Waals surface area contributed by atoms with Crippen molar-refractivity contribution in [2.45, 2.75) is 41.5 Å². The molecule has 1 aliphatic heterocycles. The quantitative estimate of drug-likeness (QED) is 0.192. The fraction of sp³-hybridized carbons (Fsp3) is 0.216. The van der Waals surface area contributed by atoms with Crippen LogP contribution in [0.1, 0.15) is 57.0 Å². The van der Waals surface area contributed by atoms with Crippen LogP contribution < -0.4 is 4.90 Å². The first kappa shape index (κ1) is 27.0. The molecule has 0 N–H and O–H groups in total. The van der Waals surface area contributed by atoms with Crippen molar-refractivity contribution in [2.75, 3.05) is 18.0 Å². The molecule has 1 heterocycles. The summed E-state index contributed by atoms with van der Waals surface area (Å²) in [6, 6.07) is 23.3. The lowest BCUT2D eigenvalue weighted by atomic mass is 10.0. The molecule has 4 aromatic carbocycles. The van der Waals surface area contributed by atoms with E-state index in [9.17, 15) is 4.39 Å². The van der Waals surface area contributed by atoms with Crippen molar-refractivity contribution < 1.29 is 8.97 Å². The van der Waals surface area contributed by atoms with E-state index in [-0.39, 0.29) is 5.82 Å². The molecule has 0 fully saturated rings. The van der Waals surface area contributed by atoms with Gasteiger partial charge in [-0.25, -0.2) is 13.9 Å². The number of hydrogen-bond donors (Lipinski definition) is 0. The minimum atomic E-state index is -0.249. The lowest BCUT2D eigenvalue weighted by molar-refractivity contribution is -0.430. The number of hydrogen-bond acceptors (Lipinski definition) is 1. The average Bonchev–Trinajstić information content (AvgIpc) is 3.27. The summed E-state index contributed by atoms with van der Waals surface area (Å²) in [4.78, 5) is 2.42. The third-order valence-corrected chi connectivity index (χ3v) is 7.45. The van der Waals surface area contributed by atoms with E-state index in [0.29, 0.717) is 0 Å². The predicted molar refractivity (Wildman–Crippen MR) is 164 cm³/mol. The summed E-state index contributed by atoms with van der Waals surface area (Å²) in [5.41, 5.74) is 12.4. The molecule has 0 aliphatic carbocycles. The number of amidine groups is 1. The Kier molecular flexibility index (Phi) is 7.59. The van der Waals surface area contributed by atoms with E-state index in [4.69, 9.17) is 0 Å². The number of halogens is 1. The van der Waals surface area contributed by atoms with Crippen molar-refractivity contribution in [3.63, 3.8) is 0 Å². The Labute approximate surface area is 237 Å². The van der Waals surface area contributed by atoms with Crippen molar-refractivity contribution in [1.29, 1.82) is 0 Å². The molecule has 198 valence electrons. The van der Waals surface area contributed by atoms with Crippen LogP contribution >= 0.6 is 0 Å². The minimum absolute atomic E-state index is 0.249. The molecular weight excluding hydrogens is 491 g/mol. The summed E-state index contributed by atoms with van der Waals surface area (Å²) in [6.45, 7) is 14.8. The number of rotatable bonds is 2. The highest BCUT2D eigenvalue weighted by Gasteiger charge is 2.33. The minimum Gasteiger partial charge on any atom is -0.227 e. The third kappa shape index (κ3) is 5.70. The molecule has 1 aliphatic rings. The van der Waals surface area contributed by atoms with E-state index >= 15 is 0 Å². The predicted octanol–water partition coefficient (Wildman–Crippen LogP) is 7.75. The van der Waals surface area contributed by atoms with Crippen molar-refractivity contribution in [3.05, 3.63) is 129 Å². The Balaban J connectivity index is 1.43. The molecule has 0 spiro atoms. The topological polar surface area (TPSA) is 6.25 Å². The molecule has 5 rings (SSSR count). The summed E-state index contributed by atoms with van der Waals surface area (Å²) in [5.74, 6) is 14.0. The van der Waals surface area contributed by atoms with E-state index < -0.39 is 0 Å². The molecule has 2 nitrogen and oxygen atoms in total. The monoisotopic (exact) mass is 525 g/mol. The standard InChI is InChI=1S/C37H34FN2/c1-25-7-9-31(10-8-25)11-13-33-21-26(2)36(27(3)22-33)39-19-20-40(30(39)6)37-28(4)23-34(24-29(37)5)14-12-32-15-17-35(38)18-16-32/h7-10,15-18,21-24H,19-20H2,1-6H3/q+1. The summed E-state index contributed by atoms with van der Waals surface area (Å²) in [5, 5.41) is 0. The molecule has 0 amide bonds. The first-order valence-corrected chi connectivity index (χ1v) is 13.7. The average molecular weight is 526 g/mol. The van der Waals surface area contributed by atoms with E-state index in [1.807, 2.05) is 0 Å². The zero-order valence-corrected chi connectivity index (χ0v) is 24.1. The number of nitrogens with zero attached hydrogens (tertiary/aromatic N) is 2. The van der Waals surface area contributed by atoms with Crippen LogP contribution in [0.3, 0.4) is 0 Å². The van der Waals surface area contributed by atoms with Crippen LogP contribution in [0.5, 0.6) is 0 Å². The summed E-state index contributed by atoms with van der Waals surface area (Å²) in [7, 11) is 0. The third-order valence-electron chi connectivity index (χ3n) is 7.45. The van der Waals surface area contributed by atoms with Gasteiger partial charge in [0.2, 0.25) is 0 Å². The van der Waals surface area contributed by atoms with Gasteiger partial charge >= 0.3 is 0 Å². The van der Waals surface area contributed by atoms with Crippen molar-refractivity contribution in [3.8, 4) is 23.7 Å². The molecule has 0 unspecified atom stereocenters. The molecule has 4 aromatic rings. The van der Waals surface area contributed by atoms with Crippen molar-refractivity contribution >= 4 is 17.2 Å². The maximum Gasteiger partial charge on any atom is 0.254 e. The maximum atomic E-state index is 13.2. The molecule has 0 saturated carbocycles. The highest BCUT2D eigenvalue weighted by Crippen LogP contribution is 2.32. The molecule has 0 radical (unpaired) electrons. The second kappa shape index (κ2) is 11.3. The van der Waals surface area contributed by atoms with Crippen LogP contribution in [-0.2, 0) is 0 Å². The number of anilines is 1. The maximum absolute atomic E-state index is 13.2. The van der Waals surface area contributed by atoms with Crippen LogP contribution in [0, 0.1) is 64.1 Å². The van der Waals surface area contributed by atoms with Crippen LogP contribution in [0.2, 0.25) is 0 Å². The second-order valence-corrected chi connectivity index (χ2v) is 10.6. The fourth-order valence-electron chi connectivity index (χ4n) is 5.58. The Hall–Kier alpha value is -4.60. The summed E-state index contributed by atoms with van der Waals surface area (Å²) < 4.78 is 15.6. The zero-order valence-electron chi connectivity index (χ0n) is 24.1. The van der Waals surface area contributed by atoms with Gasteiger partial charge in [-0.05, 0) is 118 Å². The molecule has 0 saturated heterocycles. The first-order valence-electron chi connectivity index (χ1n) is 13.7. The van der Waals surface area contributed by atoms with Gasteiger partial charge in [-0.3, -0.25) is 0 Å². The van der Waals surface area contributed by atoms with Gasteiger partial charge in [0.25, 0.3) is 5.84 Å². The molecule has 40 heavy (non-hydrogen) atoms. The van der Waals surface area contributed by atoms with E-state index in [1.54, 1.807) is 12.1 Å². The first-order chi connectivity index (χ1) is 19.2. The van der Waals surface area contributed by atoms with Crippen LogP contribution in [0.4, 0.5) is 15.8 Å². The van der Waals surface area contributed by atoms with Gasteiger partial charge in [-0.15, -0.1) is 0 Å². The number of aryl methyl sites for hydroxylation is 5. The van der Waals surface area contributed by atoms with E-state index in [0.717, 1.165) is 35.3 Å². The lowest BCUT2D eigenvalue weighted by Crippen LogP contribution is -2.27. The second-order valence-electron chi connectivity index (χ2n) is 10.6. The van der Waals surface area contributed by atoms with Gasteiger partial charge in [-0.1, -0.05) is 41.4 Å². The molecular formula is C37H34FN2+. The fourth-order valence-corrected chi connectivity index (χ4v) is 5.58. The van der Waals surface area contributed by atoms with Gasteiger partial charge in [-0.2, -0.15) is 0 Å². The SMILES string of the molecule is CC1=[N+](c2c(C)cc(C#Cc3ccc(C)cc3)cc2C)CCN1c1c(C)cc(C#Cc2ccc(F)cc2)cc1C. The lowest BCUT2D eigenvalue weighted by Gasteiger charge is -2.17. The van der Waals surface area contributed by atoms with Gasteiger partial charge in [0.1, 0.15) is 30.3 Å². The van der Waals surface area contributed by atoms with Gasteiger partial charge in [0.15, 0.2) is 0 Å². The van der Waals surface area contributed by atoms with Gasteiger partial charge in [0.05, 0.1) is 0 Å². The van der Waals surface area contributed by atoms with Crippen molar-refractivity contribution in [2.24, 2.45) is 0 Å². The Bertz CT molecular complexity index is 1710. The van der Waals surface area contributed by atoms with Crippen LogP contribution in [0.25, 0.3) is 0 Å². The van der Waals surface area contributed by atoms with E-state index in [2.05, 4.69) is 123 Å². The Morgan fingerprint density at radius 1 is 0.600 bits per heavy atom. The largest absolute Gasteiger partial charge is 0.254 e. The Morgan fingerprint density at radius 2 is 1.05 bits per heavy atom. The molecule has 0 atom stereocenters. The van der Waals surface area contributed by atoms with E-state index in [1.165, 1.54) is 57.2 Å². The molecule has 0 bridgehead atoms. The normalized spacial score (nSPS) is 12.6. The highest BCUT2D eigenvalue weighted by atomic mass is 19.1. The Morgan fingerprint density at radius 3 is 1.57 bits per heavy atom. The molecule has 0 aromatic heterocycles. The zero-order chi connectivity index (χ0) is 28.4. The van der Waals surface area contributed by atoms with Crippen LogP contribution in [-0.4, -0.2) is 23.5 Å². The highest BCUT2D eigenvalue weighted by molar-refractivity contribution is 5.96.